The predicted molar refractivity (Wildman–Crippen MR) is 121 cm³/mol. The smallest absolute Gasteiger partial charge is 0.257 e. The zero-order valence-corrected chi connectivity index (χ0v) is 17.3. The van der Waals surface area contributed by atoms with Gasteiger partial charge in [0.1, 0.15) is 16.9 Å². The van der Waals surface area contributed by atoms with E-state index in [9.17, 15) is 4.79 Å². The summed E-state index contributed by atoms with van der Waals surface area (Å²) in [4.78, 5) is 22.7. The van der Waals surface area contributed by atoms with E-state index >= 15 is 0 Å². The maximum absolute atomic E-state index is 13.2. The minimum atomic E-state index is -0.228. The van der Waals surface area contributed by atoms with Crippen molar-refractivity contribution in [3.05, 3.63) is 65.7 Å². The molecule has 1 fully saturated rings. The van der Waals surface area contributed by atoms with Crippen LogP contribution in [0, 0.1) is 0 Å². The van der Waals surface area contributed by atoms with E-state index in [1.165, 1.54) is 5.56 Å². The summed E-state index contributed by atoms with van der Waals surface area (Å²) in [5.74, 6) is 0.159. The van der Waals surface area contributed by atoms with Crippen molar-refractivity contribution in [1.82, 2.24) is 19.9 Å². The molecule has 0 bridgehead atoms. The second-order valence-corrected chi connectivity index (χ2v) is 7.88. The summed E-state index contributed by atoms with van der Waals surface area (Å²) < 4.78 is 7.69. The molecule has 3 heterocycles. The Bertz CT molecular complexity index is 1230. The van der Waals surface area contributed by atoms with Crippen LogP contribution >= 0.6 is 0 Å². The van der Waals surface area contributed by atoms with Crippen LogP contribution in [0.3, 0.4) is 0 Å². The molecule has 0 spiro atoms. The first kappa shape index (κ1) is 19.5. The van der Waals surface area contributed by atoms with E-state index in [1.54, 1.807) is 0 Å². The molecule has 1 amide bonds. The van der Waals surface area contributed by atoms with E-state index in [-0.39, 0.29) is 12.0 Å². The molecule has 0 saturated carbocycles. The predicted octanol–water partition coefficient (Wildman–Crippen LogP) is 3.32. The highest BCUT2D eigenvalue weighted by Gasteiger charge is 2.26. The monoisotopic (exact) mass is 415 g/mol. The molecule has 1 unspecified atom stereocenters. The number of carbonyl (C=O) groups excluding carboxylic acids is 1. The molecule has 1 saturated heterocycles. The molecular weight excluding hydrogens is 390 g/mol. The molecule has 1 atom stereocenters. The lowest BCUT2D eigenvalue weighted by Crippen LogP contribution is -2.27. The molecule has 1 aliphatic heterocycles. The van der Waals surface area contributed by atoms with Crippen LogP contribution in [0.5, 0.6) is 0 Å². The van der Waals surface area contributed by atoms with Crippen LogP contribution in [-0.2, 0) is 17.7 Å². The summed E-state index contributed by atoms with van der Waals surface area (Å²) in [5.41, 5.74) is 10.7. The Morgan fingerprint density at radius 3 is 2.58 bits per heavy atom. The number of para-hydroxylation sites is 2. The highest BCUT2D eigenvalue weighted by Crippen LogP contribution is 2.29. The summed E-state index contributed by atoms with van der Waals surface area (Å²) in [7, 11) is 0. The number of aromatic nitrogens is 3. The van der Waals surface area contributed by atoms with Gasteiger partial charge in [-0.2, -0.15) is 0 Å². The summed E-state index contributed by atoms with van der Waals surface area (Å²) >= 11 is 0. The van der Waals surface area contributed by atoms with Crippen molar-refractivity contribution in [3.8, 4) is 0 Å². The van der Waals surface area contributed by atoms with Crippen molar-refractivity contribution in [3.63, 3.8) is 0 Å². The third-order valence-corrected chi connectivity index (χ3v) is 5.77. The molecule has 7 nitrogen and oxygen atoms in total. The minimum Gasteiger partial charge on any atom is -0.384 e. The number of nitrogen functional groups attached to an aromatic ring is 1. The van der Waals surface area contributed by atoms with Crippen molar-refractivity contribution in [1.29, 1.82) is 0 Å². The lowest BCUT2D eigenvalue weighted by molar-refractivity contribution is 0.0949. The van der Waals surface area contributed by atoms with E-state index in [0.717, 1.165) is 36.9 Å². The summed E-state index contributed by atoms with van der Waals surface area (Å²) in [6, 6.07) is 17.7. The van der Waals surface area contributed by atoms with Gasteiger partial charge in [-0.25, -0.2) is 9.97 Å². The number of ether oxygens (including phenoxy) is 1. The van der Waals surface area contributed by atoms with E-state index in [2.05, 4.69) is 5.32 Å². The van der Waals surface area contributed by atoms with E-state index in [4.69, 9.17) is 20.4 Å². The number of hydrogen-bond acceptors (Lipinski definition) is 5. The number of carbonyl (C=O) groups is 1. The number of hydrogen-bond donors (Lipinski definition) is 2. The van der Waals surface area contributed by atoms with E-state index in [1.807, 2.05) is 59.2 Å². The first-order valence-corrected chi connectivity index (χ1v) is 10.7. The topological polar surface area (TPSA) is 95.1 Å². The Morgan fingerprint density at radius 1 is 1.10 bits per heavy atom. The van der Waals surface area contributed by atoms with Gasteiger partial charge in [0, 0.05) is 13.2 Å². The fourth-order valence-corrected chi connectivity index (χ4v) is 4.17. The highest BCUT2D eigenvalue weighted by atomic mass is 16.5. The van der Waals surface area contributed by atoms with Crippen LogP contribution in [0.2, 0.25) is 0 Å². The van der Waals surface area contributed by atoms with Crippen LogP contribution < -0.4 is 11.1 Å². The molecule has 0 aliphatic carbocycles. The lowest BCUT2D eigenvalue weighted by Gasteiger charge is -2.13. The zero-order chi connectivity index (χ0) is 21.2. The Balaban J connectivity index is 1.50. The van der Waals surface area contributed by atoms with Gasteiger partial charge in [0.25, 0.3) is 5.91 Å². The van der Waals surface area contributed by atoms with Crippen LogP contribution in [0.4, 0.5) is 5.82 Å². The molecule has 2 aromatic carbocycles. The number of benzene rings is 2. The van der Waals surface area contributed by atoms with E-state index < -0.39 is 0 Å². The second-order valence-electron chi connectivity index (χ2n) is 7.88. The summed E-state index contributed by atoms with van der Waals surface area (Å²) in [5, 5.41) is 3.00. The maximum atomic E-state index is 13.2. The van der Waals surface area contributed by atoms with Crippen LogP contribution in [0.25, 0.3) is 22.2 Å². The number of rotatable bonds is 6. The second kappa shape index (κ2) is 8.35. The zero-order valence-electron chi connectivity index (χ0n) is 17.3. The van der Waals surface area contributed by atoms with Gasteiger partial charge in [0.15, 0.2) is 5.65 Å². The first-order valence-electron chi connectivity index (χ1n) is 10.7. The number of nitrogens with one attached hydrogen (secondary N) is 1. The van der Waals surface area contributed by atoms with Gasteiger partial charge in [0.05, 0.1) is 23.7 Å². The van der Waals surface area contributed by atoms with Gasteiger partial charge >= 0.3 is 0 Å². The van der Waals surface area contributed by atoms with Crippen LogP contribution in [0.15, 0.2) is 54.6 Å². The number of amides is 1. The van der Waals surface area contributed by atoms with Gasteiger partial charge < -0.3 is 20.4 Å². The number of anilines is 1. The number of fused-ring (bicyclic) bond motifs is 2. The molecule has 1 aliphatic rings. The van der Waals surface area contributed by atoms with Crippen LogP contribution in [0.1, 0.15) is 28.8 Å². The Labute approximate surface area is 180 Å². The molecular formula is C24H25N5O2. The Kier molecular flexibility index (Phi) is 5.26. The number of nitrogens with two attached hydrogens (primary N) is 1. The molecule has 7 heteroatoms. The van der Waals surface area contributed by atoms with Crippen molar-refractivity contribution >= 4 is 33.9 Å². The average Bonchev–Trinajstić information content (AvgIpc) is 3.40. The molecule has 3 N–H and O–H groups in total. The molecule has 158 valence electrons. The normalized spacial score (nSPS) is 16.2. The third kappa shape index (κ3) is 3.84. The Hall–Kier alpha value is -3.45. The highest BCUT2D eigenvalue weighted by molar-refractivity contribution is 6.10. The van der Waals surface area contributed by atoms with Gasteiger partial charge in [-0.05, 0) is 37.0 Å². The maximum Gasteiger partial charge on any atom is 0.257 e. The molecule has 5 rings (SSSR count). The summed E-state index contributed by atoms with van der Waals surface area (Å²) in [6.07, 6.45) is 2.82. The SMILES string of the molecule is Nc1c(C(=O)NCCc2ccccc2)c2nc3ccccc3nc2n1CC1CCCO1. The van der Waals surface area contributed by atoms with Crippen LogP contribution in [-0.4, -0.2) is 39.7 Å². The average molecular weight is 415 g/mol. The quantitative estimate of drug-likeness (QED) is 0.504. The fraction of sp³-hybridized carbons (Fsp3) is 0.292. The lowest BCUT2D eigenvalue weighted by atomic mass is 10.1. The fourth-order valence-electron chi connectivity index (χ4n) is 4.17. The van der Waals surface area contributed by atoms with Crippen molar-refractivity contribution < 1.29 is 9.53 Å². The van der Waals surface area contributed by atoms with Gasteiger partial charge in [-0.15, -0.1) is 0 Å². The summed E-state index contributed by atoms with van der Waals surface area (Å²) in [6.45, 7) is 1.83. The standard InChI is InChI=1S/C24H25N5O2/c25-22-20(24(30)26-13-12-16-7-2-1-3-8-16)21-23(29(22)15-17-9-6-14-31-17)28-19-11-5-4-10-18(19)27-21/h1-5,7-8,10-11,17H,6,9,12-15,25H2,(H,26,30). The van der Waals surface area contributed by atoms with Crippen molar-refractivity contribution in [2.75, 3.05) is 18.9 Å². The van der Waals surface area contributed by atoms with Gasteiger partial charge in [-0.1, -0.05) is 42.5 Å². The van der Waals surface area contributed by atoms with Gasteiger partial charge in [0.2, 0.25) is 0 Å². The van der Waals surface area contributed by atoms with E-state index in [0.29, 0.717) is 35.6 Å². The van der Waals surface area contributed by atoms with Gasteiger partial charge in [-0.3, -0.25) is 4.79 Å². The third-order valence-electron chi connectivity index (χ3n) is 5.77. The molecule has 4 aromatic rings. The molecule has 31 heavy (non-hydrogen) atoms. The number of nitrogens with zero attached hydrogens (tertiary/aromatic N) is 3. The van der Waals surface area contributed by atoms with Crippen molar-refractivity contribution in [2.45, 2.75) is 31.9 Å². The largest absolute Gasteiger partial charge is 0.384 e. The van der Waals surface area contributed by atoms with Crippen molar-refractivity contribution in [2.24, 2.45) is 0 Å². The molecule has 2 aromatic heterocycles. The minimum absolute atomic E-state index is 0.0696. The Morgan fingerprint density at radius 2 is 1.84 bits per heavy atom. The first-order chi connectivity index (χ1) is 15.2. The molecule has 0 radical (unpaired) electrons.